The first-order valence-corrected chi connectivity index (χ1v) is 4.63. The van der Waals surface area contributed by atoms with E-state index in [9.17, 15) is 4.79 Å². The van der Waals surface area contributed by atoms with Crippen molar-refractivity contribution in [3.8, 4) is 0 Å². The van der Waals surface area contributed by atoms with Gasteiger partial charge in [-0.25, -0.2) is 0 Å². The fourth-order valence-electron chi connectivity index (χ4n) is 0.813. The largest absolute Gasteiger partial charge is 0.460 e. The van der Waals surface area contributed by atoms with E-state index in [4.69, 9.17) is 4.74 Å². The summed E-state index contributed by atoms with van der Waals surface area (Å²) in [6.45, 7) is 13.1. The molecule has 0 fully saturated rings. The summed E-state index contributed by atoms with van der Waals surface area (Å²) in [5.41, 5.74) is -0.397. The molecule has 0 aromatic carbocycles. The van der Waals surface area contributed by atoms with Crippen molar-refractivity contribution in [2.24, 2.45) is 11.8 Å². The molecule has 0 aliphatic heterocycles. The standard InChI is InChI=1S/C11H20O2/c1-7-8(2)9(3)10(12)13-11(4,5)6/h7-9H,1H2,2-6H3/t8?,9-/m0/s1. The molecule has 0 saturated carbocycles. The highest BCUT2D eigenvalue weighted by Crippen LogP contribution is 2.17. The smallest absolute Gasteiger partial charge is 0.309 e. The van der Waals surface area contributed by atoms with Crippen molar-refractivity contribution in [1.82, 2.24) is 0 Å². The van der Waals surface area contributed by atoms with Gasteiger partial charge in [0.05, 0.1) is 5.92 Å². The average Bonchev–Trinajstić information content (AvgIpc) is 1.98. The van der Waals surface area contributed by atoms with Crippen LogP contribution in [0.2, 0.25) is 0 Å². The first kappa shape index (κ1) is 12.2. The van der Waals surface area contributed by atoms with Crippen molar-refractivity contribution in [2.45, 2.75) is 40.2 Å². The summed E-state index contributed by atoms with van der Waals surface area (Å²) in [6, 6.07) is 0. The Balaban J connectivity index is 4.19. The van der Waals surface area contributed by atoms with Gasteiger partial charge in [0.2, 0.25) is 0 Å². The third-order valence-corrected chi connectivity index (χ3v) is 1.94. The summed E-state index contributed by atoms with van der Waals surface area (Å²) in [4.78, 5) is 11.5. The van der Waals surface area contributed by atoms with E-state index in [1.807, 2.05) is 34.6 Å². The second-order valence-corrected chi connectivity index (χ2v) is 4.42. The van der Waals surface area contributed by atoms with Crippen molar-refractivity contribution >= 4 is 5.97 Å². The topological polar surface area (TPSA) is 26.3 Å². The summed E-state index contributed by atoms with van der Waals surface area (Å²) in [5.74, 6) is -0.105. The number of hydrogen-bond acceptors (Lipinski definition) is 2. The molecule has 1 unspecified atom stereocenters. The van der Waals surface area contributed by atoms with Crippen LogP contribution in [0.5, 0.6) is 0 Å². The van der Waals surface area contributed by atoms with E-state index in [0.717, 1.165) is 0 Å². The van der Waals surface area contributed by atoms with Gasteiger partial charge in [0.25, 0.3) is 0 Å². The first-order valence-electron chi connectivity index (χ1n) is 4.63. The molecule has 0 spiro atoms. The summed E-state index contributed by atoms with van der Waals surface area (Å²) < 4.78 is 5.24. The van der Waals surface area contributed by atoms with Gasteiger partial charge in [0.1, 0.15) is 5.60 Å². The van der Waals surface area contributed by atoms with Crippen LogP contribution in [0.1, 0.15) is 34.6 Å². The quantitative estimate of drug-likeness (QED) is 0.498. The average molecular weight is 184 g/mol. The molecule has 0 heterocycles. The molecule has 0 aromatic heterocycles. The number of allylic oxidation sites excluding steroid dienone is 1. The Labute approximate surface area is 81.0 Å². The molecule has 0 saturated heterocycles. The highest BCUT2D eigenvalue weighted by molar-refractivity contribution is 5.73. The molecular weight excluding hydrogens is 164 g/mol. The van der Waals surface area contributed by atoms with E-state index >= 15 is 0 Å². The number of carbonyl (C=O) groups excluding carboxylic acids is 1. The SMILES string of the molecule is C=CC(C)[C@H](C)C(=O)OC(C)(C)C. The fourth-order valence-corrected chi connectivity index (χ4v) is 0.813. The van der Waals surface area contributed by atoms with E-state index < -0.39 is 5.60 Å². The van der Waals surface area contributed by atoms with Crippen LogP contribution in [0, 0.1) is 11.8 Å². The summed E-state index contributed by atoms with van der Waals surface area (Å²) in [5, 5.41) is 0. The summed E-state index contributed by atoms with van der Waals surface area (Å²) >= 11 is 0. The highest BCUT2D eigenvalue weighted by Gasteiger charge is 2.24. The van der Waals surface area contributed by atoms with Gasteiger partial charge in [0.15, 0.2) is 0 Å². The predicted molar refractivity (Wildman–Crippen MR) is 54.4 cm³/mol. The van der Waals surface area contributed by atoms with Crippen LogP contribution in [0.3, 0.4) is 0 Å². The van der Waals surface area contributed by atoms with E-state index in [2.05, 4.69) is 6.58 Å². The molecule has 0 aromatic rings. The predicted octanol–water partition coefficient (Wildman–Crippen LogP) is 2.79. The highest BCUT2D eigenvalue weighted by atomic mass is 16.6. The van der Waals surface area contributed by atoms with Gasteiger partial charge >= 0.3 is 5.97 Å². The van der Waals surface area contributed by atoms with E-state index in [0.29, 0.717) is 0 Å². The minimum atomic E-state index is -0.397. The third-order valence-electron chi connectivity index (χ3n) is 1.94. The van der Waals surface area contributed by atoms with Gasteiger partial charge in [0, 0.05) is 0 Å². The van der Waals surface area contributed by atoms with Crippen molar-refractivity contribution in [2.75, 3.05) is 0 Å². The zero-order valence-electron chi connectivity index (χ0n) is 9.26. The minimum absolute atomic E-state index is 0.114. The monoisotopic (exact) mass is 184 g/mol. The molecule has 2 nitrogen and oxygen atoms in total. The summed E-state index contributed by atoms with van der Waals surface area (Å²) in [7, 11) is 0. The Bertz CT molecular complexity index is 189. The van der Waals surface area contributed by atoms with E-state index in [-0.39, 0.29) is 17.8 Å². The Morgan fingerprint density at radius 3 is 2.15 bits per heavy atom. The van der Waals surface area contributed by atoms with Gasteiger partial charge in [-0.05, 0) is 26.7 Å². The van der Waals surface area contributed by atoms with Crippen LogP contribution in [-0.4, -0.2) is 11.6 Å². The fraction of sp³-hybridized carbons (Fsp3) is 0.727. The molecule has 0 amide bonds. The molecule has 2 heteroatoms. The number of esters is 1. The maximum atomic E-state index is 11.5. The zero-order chi connectivity index (χ0) is 10.6. The molecule has 76 valence electrons. The lowest BCUT2D eigenvalue weighted by atomic mass is 9.96. The molecule has 13 heavy (non-hydrogen) atoms. The van der Waals surface area contributed by atoms with Crippen molar-refractivity contribution in [3.63, 3.8) is 0 Å². The molecule has 0 aliphatic rings. The van der Waals surface area contributed by atoms with Gasteiger partial charge in [-0.15, -0.1) is 6.58 Å². The number of hydrogen-bond donors (Lipinski definition) is 0. The second kappa shape index (κ2) is 4.45. The van der Waals surface area contributed by atoms with Crippen LogP contribution in [0.25, 0.3) is 0 Å². The van der Waals surface area contributed by atoms with E-state index in [1.54, 1.807) is 6.08 Å². The van der Waals surface area contributed by atoms with Crippen LogP contribution in [0.4, 0.5) is 0 Å². The van der Waals surface area contributed by atoms with Crippen LogP contribution in [0.15, 0.2) is 12.7 Å². The van der Waals surface area contributed by atoms with Crippen LogP contribution >= 0.6 is 0 Å². The number of rotatable bonds is 3. The van der Waals surface area contributed by atoms with Gasteiger partial charge < -0.3 is 4.74 Å². The number of carbonyl (C=O) groups is 1. The zero-order valence-corrected chi connectivity index (χ0v) is 9.26. The molecule has 0 aliphatic carbocycles. The first-order chi connectivity index (χ1) is 5.78. The molecular formula is C11H20O2. The Morgan fingerprint density at radius 1 is 1.38 bits per heavy atom. The lowest BCUT2D eigenvalue weighted by Crippen LogP contribution is -2.29. The third kappa shape index (κ3) is 4.71. The minimum Gasteiger partial charge on any atom is -0.460 e. The van der Waals surface area contributed by atoms with Crippen molar-refractivity contribution < 1.29 is 9.53 Å². The lowest BCUT2D eigenvalue weighted by molar-refractivity contribution is -0.160. The molecule has 0 radical (unpaired) electrons. The Hall–Kier alpha value is -0.790. The molecule has 2 atom stereocenters. The maximum absolute atomic E-state index is 11.5. The maximum Gasteiger partial charge on any atom is 0.309 e. The Kier molecular flexibility index (Phi) is 4.18. The van der Waals surface area contributed by atoms with Gasteiger partial charge in [-0.2, -0.15) is 0 Å². The number of ether oxygens (including phenoxy) is 1. The molecule has 0 rings (SSSR count). The lowest BCUT2D eigenvalue weighted by Gasteiger charge is -2.23. The van der Waals surface area contributed by atoms with Crippen molar-refractivity contribution in [1.29, 1.82) is 0 Å². The Morgan fingerprint density at radius 2 is 1.85 bits per heavy atom. The van der Waals surface area contributed by atoms with Crippen LogP contribution in [-0.2, 0) is 9.53 Å². The normalized spacial score (nSPS) is 16.1. The summed E-state index contributed by atoms with van der Waals surface area (Å²) in [6.07, 6.45) is 1.77. The van der Waals surface area contributed by atoms with Crippen molar-refractivity contribution in [3.05, 3.63) is 12.7 Å². The van der Waals surface area contributed by atoms with Gasteiger partial charge in [-0.3, -0.25) is 4.79 Å². The van der Waals surface area contributed by atoms with Gasteiger partial charge in [-0.1, -0.05) is 19.9 Å². The molecule has 0 bridgehead atoms. The van der Waals surface area contributed by atoms with Crippen LogP contribution < -0.4 is 0 Å². The van der Waals surface area contributed by atoms with E-state index in [1.165, 1.54) is 0 Å². The molecule has 0 N–H and O–H groups in total. The second-order valence-electron chi connectivity index (χ2n) is 4.42.